The molecule has 0 amide bonds. The maximum Gasteiger partial charge on any atom is 0.127 e. The van der Waals surface area contributed by atoms with Gasteiger partial charge in [0.05, 0.1) is 25.8 Å². The molecule has 0 aliphatic heterocycles. The highest BCUT2D eigenvalue weighted by Crippen LogP contribution is 2.38. The lowest BCUT2D eigenvalue weighted by Crippen LogP contribution is -2.13. The van der Waals surface area contributed by atoms with Crippen LogP contribution in [0.4, 0.5) is 0 Å². The van der Waals surface area contributed by atoms with Gasteiger partial charge in [0, 0.05) is 4.88 Å². The molecule has 2 rings (SSSR count). The van der Waals surface area contributed by atoms with E-state index in [-0.39, 0.29) is 6.04 Å². The summed E-state index contributed by atoms with van der Waals surface area (Å²) < 4.78 is 10.9. The van der Waals surface area contributed by atoms with Crippen LogP contribution < -0.4 is 15.2 Å². The molecule has 0 radical (unpaired) electrons. The topological polar surface area (TPSA) is 44.5 Å². The van der Waals surface area contributed by atoms with Crippen LogP contribution in [-0.2, 0) is 0 Å². The Morgan fingerprint density at radius 1 is 1.17 bits per heavy atom. The van der Waals surface area contributed by atoms with E-state index in [1.54, 1.807) is 25.6 Å². The number of nitrogens with two attached hydrogens (primary N) is 1. The molecule has 1 aromatic heterocycles. The molecule has 2 aromatic rings. The van der Waals surface area contributed by atoms with E-state index in [9.17, 15) is 0 Å². The number of thiophene rings is 1. The average molecular weight is 263 g/mol. The predicted molar refractivity (Wildman–Crippen MR) is 74.6 cm³/mol. The van der Waals surface area contributed by atoms with Gasteiger partial charge in [-0.25, -0.2) is 0 Å². The molecule has 0 spiro atoms. The van der Waals surface area contributed by atoms with Gasteiger partial charge < -0.3 is 15.2 Å². The van der Waals surface area contributed by atoms with Crippen molar-refractivity contribution in [3.05, 3.63) is 45.6 Å². The summed E-state index contributed by atoms with van der Waals surface area (Å²) in [6.07, 6.45) is 0. The summed E-state index contributed by atoms with van der Waals surface area (Å²) in [6, 6.07) is 7.74. The van der Waals surface area contributed by atoms with Crippen molar-refractivity contribution in [3.63, 3.8) is 0 Å². The second-order valence-corrected chi connectivity index (χ2v) is 5.06. The molecule has 0 bridgehead atoms. The van der Waals surface area contributed by atoms with E-state index in [1.807, 2.05) is 36.6 Å². The molecular weight excluding hydrogens is 246 g/mol. The predicted octanol–water partition coefficient (Wildman–Crippen LogP) is 3.12. The van der Waals surface area contributed by atoms with Gasteiger partial charge in [-0.3, -0.25) is 0 Å². The Kier molecular flexibility index (Phi) is 3.89. The minimum absolute atomic E-state index is 0.226. The summed E-state index contributed by atoms with van der Waals surface area (Å²) in [5.41, 5.74) is 8.30. The van der Waals surface area contributed by atoms with Crippen molar-refractivity contribution in [1.29, 1.82) is 0 Å². The summed E-state index contributed by atoms with van der Waals surface area (Å²) in [6.45, 7) is 2.01. The minimum Gasteiger partial charge on any atom is -0.496 e. The zero-order valence-corrected chi connectivity index (χ0v) is 11.6. The third kappa shape index (κ3) is 2.35. The van der Waals surface area contributed by atoms with E-state index in [0.29, 0.717) is 0 Å². The second-order valence-electron chi connectivity index (χ2n) is 4.08. The molecule has 0 aliphatic rings. The first-order valence-electron chi connectivity index (χ1n) is 5.69. The van der Waals surface area contributed by atoms with E-state index < -0.39 is 0 Å². The first kappa shape index (κ1) is 12.9. The average Bonchev–Trinajstić information content (AvgIpc) is 2.90. The van der Waals surface area contributed by atoms with Crippen molar-refractivity contribution >= 4 is 11.3 Å². The molecule has 96 valence electrons. The Morgan fingerprint density at radius 2 is 1.78 bits per heavy atom. The minimum atomic E-state index is -0.226. The van der Waals surface area contributed by atoms with Gasteiger partial charge in [0.2, 0.25) is 0 Å². The van der Waals surface area contributed by atoms with Crippen LogP contribution in [0.15, 0.2) is 29.6 Å². The highest BCUT2D eigenvalue weighted by atomic mass is 32.1. The maximum absolute atomic E-state index is 6.31. The van der Waals surface area contributed by atoms with Crippen LogP contribution >= 0.6 is 11.3 Å². The zero-order chi connectivity index (χ0) is 13.1. The quantitative estimate of drug-likeness (QED) is 0.921. The molecule has 0 aliphatic carbocycles. The van der Waals surface area contributed by atoms with Crippen molar-refractivity contribution < 1.29 is 9.47 Å². The van der Waals surface area contributed by atoms with Crippen molar-refractivity contribution in [2.75, 3.05) is 14.2 Å². The lowest BCUT2D eigenvalue weighted by Gasteiger charge is -2.19. The first-order chi connectivity index (χ1) is 8.67. The molecule has 3 nitrogen and oxygen atoms in total. The second kappa shape index (κ2) is 5.42. The Hall–Kier alpha value is -1.52. The van der Waals surface area contributed by atoms with Gasteiger partial charge in [0.25, 0.3) is 0 Å². The fourth-order valence-electron chi connectivity index (χ4n) is 1.99. The number of rotatable bonds is 4. The maximum atomic E-state index is 6.31. The van der Waals surface area contributed by atoms with E-state index in [2.05, 4.69) is 0 Å². The number of methoxy groups -OCH3 is 2. The van der Waals surface area contributed by atoms with E-state index in [1.165, 1.54) is 0 Å². The van der Waals surface area contributed by atoms with Crippen molar-refractivity contribution in [3.8, 4) is 11.5 Å². The number of aryl methyl sites for hydroxylation is 1. The van der Waals surface area contributed by atoms with Gasteiger partial charge in [-0.2, -0.15) is 0 Å². The molecule has 0 saturated carbocycles. The van der Waals surface area contributed by atoms with Gasteiger partial charge in [-0.1, -0.05) is 6.07 Å². The number of ether oxygens (including phenoxy) is 2. The molecule has 1 aromatic carbocycles. The largest absolute Gasteiger partial charge is 0.496 e. The van der Waals surface area contributed by atoms with Gasteiger partial charge in [0.15, 0.2) is 0 Å². The fraction of sp³-hybridized carbons (Fsp3) is 0.286. The smallest absolute Gasteiger partial charge is 0.127 e. The Morgan fingerprint density at radius 3 is 2.22 bits per heavy atom. The van der Waals surface area contributed by atoms with Crippen LogP contribution in [0.5, 0.6) is 11.5 Å². The fourth-order valence-corrected chi connectivity index (χ4v) is 2.72. The monoisotopic (exact) mass is 263 g/mol. The van der Waals surface area contributed by atoms with E-state index >= 15 is 0 Å². The van der Waals surface area contributed by atoms with Gasteiger partial charge in [-0.15, -0.1) is 11.3 Å². The van der Waals surface area contributed by atoms with E-state index in [0.717, 1.165) is 27.5 Å². The molecule has 0 fully saturated rings. The van der Waals surface area contributed by atoms with Crippen LogP contribution in [0.2, 0.25) is 0 Å². The standard InChI is InChI=1S/C14H17NO2S/c1-9-7-10(16-2)13(11(8-9)17-3)14(15)12-5-4-6-18-12/h4-8,14H,15H2,1-3H3/t14-/m0/s1. The Bertz CT molecular complexity index is 498. The number of hydrogen-bond donors (Lipinski definition) is 1. The summed E-state index contributed by atoms with van der Waals surface area (Å²) in [4.78, 5) is 1.09. The number of hydrogen-bond acceptors (Lipinski definition) is 4. The normalized spacial score (nSPS) is 12.2. The van der Waals surface area contributed by atoms with Gasteiger partial charge >= 0.3 is 0 Å². The third-order valence-electron chi connectivity index (χ3n) is 2.85. The van der Waals surface area contributed by atoms with Crippen LogP contribution in [0.1, 0.15) is 22.0 Å². The van der Waals surface area contributed by atoms with Crippen molar-refractivity contribution in [2.24, 2.45) is 5.73 Å². The molecular formula is C14H17NO2S. The molecule has 0 saturated heterocycles. The van der Waals surface area contributed by atoms with Gasteiger partial charge in [-0.05, 0) is 36.1 Å². The summed E-state index contributed by atoms with van der Waals surface area (Å²) >= 11 is 1.63. The van der Waals surface area contributed by atoms with Crippen LogP contribution in [0.25, 0.3) is 0 Å². The zero-order valence-electron chi connectivity index (χ0n) is 10.8. The van der Waals surface area contributed by atoms with Crippen molar-refractivity contribution in [1.82, 2.24) is 0 Å². The summed E-state index contributed by atoms with van der Waals surface area (Å²) in [5, 5.41) is 2.02. The Balaban J connectivity index is 2.54. The highest BCUT2D eigenvalue weighted by molar-refractivity contribution is 7.10. The molecule has 1 heterocycles. The molecule has 18 heavy (non-hydrogen) atoms. The van der Waals surface area contributed by atoms with Crippen LogP contribution in [0, 0.1) is 6.92 Å². The molecule has 2 N–H and O–H groups in total. The third-order valence-corrected chi connectivity index (χ3v) is 3.80. The van der Waals surface area contributed by atoms with Crippen LogP contribution in [-0.4, -0.2) is 14.2 Å². The molecule has 0 unspecified atom stereocenters. The van der Waals surface area contributed by atoms with Gasteiger partial charge in [0.1, 0.15) is 11.5 Å². The summed E-state index contributed by atoms with van der Waals surface area (Å²) in [5.74, 6) is 1.54. The SMILES string of the molecule is COc1cc(C)cc(OC)c1[C@@H](N)c1cccs1. The highest BCUT2D eigenvalue weighted by Gasteiger charge is 2.20. The molecule has 1 atom stereocenters. The van der Waals surface area contributed by atoms with E-state index in [4.69, 9.17) is 15.2 Å². The lowest BCUT2D eigenvalue weighted by molar-refractivity contribution is 0.382. The lowest BCUT2D eigenvalue weighted by atomic mass is 10.0. The Labute approximate surface area is 111 Å². The first-order valence-corrected chi connectivity index (χ1v) is 6.56. The van der Waals surface area contributed by atoms with Crippen molar-refractivity contribution in [2.45, 2.75) is 13.0 Å². The molecule has 4 heteroatoms. The number of benzene rings is 1. The summed E-state index contributed by atoms with van der Waals surface area (Å²) in [7, 11) is 3.30. The van der Waals surface area contributed by atoms with Crippen LogP contribution in [0.3, 0.4) is 0 Å².